The molecule has 0 bridgehead atoms. The number of rotatable bonds is 2. The lowest BCUT2D eigenvalue weighted by Gasteiger charge is -2.18. The Morgan fingerprint density at radius 2 is 2.13 bits per heavy atom. The fourth-order valence-electron chi connectivity index (χ4n) is 1.67. The predicted octanol–water partition coefficient (Wildman–Crippen LogP) is 1.60. The number of fused-ring (bicyclic) bond motifs is 1. The van der Waals surface area contributed by atoms with Gasteiger partial charge in [-0.3, -0.25) is 0 Å². The van der Waals surface area contributed by atoms with Crippen LogP contribution in [0.5, 0.6) is 0 Å². The van der Waals surface area contributed by atoms with E-state index in [2.05, 4.69) is 10.4 Å². The molecule has 0 spiro atoms. The van der Waals surface area contributed by atoms with Crippen LogP contribution in [0, 0.1) is 0 Å². The lowest BCUT2D eigenvalue weighted by atomic mass is 10.0. The van der Waals surface area contributed by atoms with Crippen molar-refractivity contribution in [3.63, 3.8) is 0 Å². The molecule has 2 heterocycles. The minimum Gasteiger partial charge on any atom is -0.385 e. The fraction of sp³-hybridized carbons (Fsp3) is 0.364. The summed E-state index contributed by atoms with van der Waals surface area (Å²) in [5.74, 6) is 0. The van der Waals surface area contributed by atoms with Crippen LogP contribution in [0.4, 0.5) is 5.69 Å². The first-order valence-corrected chi connectivity index (χ1v) is 4.91. The van der Waals surface area contributed by atoms with Gasteiger partial charge in [0.2, 0.25) is 0 Å². The van der Waals surface area contributed by atoms with Gasteiger partial charge in [0.15, 0.2) is 0 Å². The van der Waals surface area contributed by atoms with E-state index in [-0.39, 0.29) is 0 Å². The van der Waals surface area contributed by atoms with Crippen LogP contribution in [0.15, 0.2) is 24.4 Å². The normalized spacial score (nSPS) is 12.0. The Morgan fingerprint density at radius 1 is 1.40 bits per heavy atom. The van der Waals surface area contributed by atoms with Crippen LogP contribution in [-0.4, -0.2) is 21.8 Å². The highest BCUT2D eigenvalue weighted by atomic mass is 16.3. The van der Waals surface area contributed by atoms with Gasteiger partial charge in [0, 0.05) is 7.05 Å². The molecule has 0 unspecified atom stereocenters. The standard InChI is InChI=1S/C11H15N3O/c1-11(2,15)10-6-4-5-9-8(12-3)7-13-14(9)10/h4-7,12,15H,1-3H3. The largest absolute Gasteiger partial charge is 0.385 e. The van der Waals surface area contributed by atoms with Crippen LogP contribution in [0.25, 0.3) is 5.52 Å². The first-order valence-electron chi connectivity index (χ1n) is 4.91. The van der Waals surface area contributed by atoms with E-state index < -0.39 is 5.60 Å². The van der Waals surface area contributed by atoms with Crippen molar-refractivity contribution in [1.29, 1.82) is 0 Å². The second-order valence-electron chi connectivity index (χ2n) is 4.08. The zero-order valence-corrected chi connectivity index (χ0v) is 9.15. The smallest absolute Gasteiger partial charge is 0.101 e. The molecule has 0 radical (unpaired) electrons. The number of pyridine rings is 1. The summed E-state index contributed by atoms with van der Waals surface area (Å²) < 4.78 is 1.76. The van der Waals surface area contributed by atoms with E-state index in [4.69, 9.17) is 0 Å². The first kappa shape index (κ1) is 9.98. The number of aromatic nitrogens is 2. The fourth-order valence-corrected chi connectivity index (χ4v) is 1.67. The number of nitrogens with one attached hydrogen (secondary N) is 1. The minimum atomic E-state index is -0.892. The van der Waals surface area contributed by atoms with Gasteiger partial charge < -0.3 is 10.4 Å². The van der Waals surface area contributed by atoms with Crippen LogP contribution >= 0.6 is 0 Å². The predicted molar refractivity (Wildman–Crippen MR) is 60.0 cm³/mol. The average Bonchev–Trinajstić information content (AvgIpc) is 2.58. The first-order chi connectivity index (χ1) is 7.04. The molecule has 2 aromatic heterocycles. The maximum Gasteiger partial charge on any atom is 0.101 e. The lowest BCUT2D eigenvalue weighted by Crippen LogP contribution is -2.20. The molecule has 2 aromatic rings. The second kappa shape index (κ2) is 3.24. The Hall–Kier alpha value is -1.55. The van der Waals surface area contributed by atoms with Gasteiger partial charge in [0.25, 0.3) is 0 Å². The molecular formula is C11H15N3O. The average molecular weight is 205 g/mol. The van der Waals surface area contributed by atoms with Gasteiger partial charge >= 0.3 is 0 Å². The molecule has 0 fully saturated rings. The molecule has 0 aliphatic heterocycles. The Balaban J connectivity index is 2.73. The van der Waals surface area contributed by atoms with Crippen molar-refractivity contribution < 1.29 is 5.11 Å². The maximum absolute atomic E-state index is 9.99. The molecule has 15 heavy (non-hydrogen) atoms. The van der Waals surface area contributed by atoms with Crippen LogP contribution < -0.4 is 5.32 Å². The summed E-state index contributed by atoms with van der Waals surface area (Å²) in [4.78, 5) is 0. The molecule has 80 valence electrons. The van der Waals surface area contributed by atoms with Crippen LogP contribution in [0.2, 0.25) is 0 Å². The van der Waals surface area contributed by atoms with Crippen molar-refractivity contribution in [2.45, 2.75) is 19.4 Å². The van der Waals surface area contributed by atoms with Crippen LogP contribution in [0.3, 0.4) is 0 Å². The van der Waals surface area contributed by atoms with E-state index in [0.717, 1.165) is 16.9 Å². The van der Waals surface area contributed by atoms with E-state index in [1.807, 2.05) is 25.2 Å². The lowest BCUT2D eigenvalue weighted by molar-refractivity contribution is 0.0715. The van der Waals surface area contributed by atoms with Gasteiger partial charge in [-0.1, -0.05) is 6.07 Å². The molecule has 2 N–H and O–H groups in total. The third-order valence-electron chi connectivity index (χ3n) is 2.44. The number of aliphatic hydroxyl groups is 1. The van der Waals surface area contributed by atoms with Crippen LogP contribution in [0.1, 0.15) is 19.5 Å². The summed E-state index contributed by atoms with van der Waals surface area (Å²) in [6.07, 6.45) is 1.75. The van der Waals surface area contributed by atoms with E-state index in [1.54, 1.807) is 24.6 Å². The number of hydrogen-bond donors (Lipinski definition) is 2. The minimum absolute atomic E-state index is 0.779. The molecule has 0 saturated heterocycles. The van der Waals surface area contributed by atoms with E-state index in [1.165, 1.54) is 0 Å². The maximum atomic E-state index is 9.99. The Labute approximate surface area is 88.5 Å². The number of hydrogen-bond acceptors (Lipinski definition) is 3. The van der Waals surface area contributed by atoms with E-state index >= 15 is 0 Å². The molecule has 0 aliphatic rings. The quantitative estimate of drug-likeness (QED) is 0.783. The van der Waals surface area contributed by atoms with Gasteiger partial charge in [-0.15, -0.1) is 0 Å². The van der Waals surface area contributed by atoms with Gasteiger partial charge in [-0.05, 0) is 26.0 Å². The Kier molecular flexibility index (Phi) is 2.16. The zero-order chi connectivity index (χ0) is 11.1. The summed E-state index contributed by atoms with van der Waals surface area (Å²) in [5.41, 5.74) is 1.82. The molecule has 0 saturated carbocycles. The summed E-state index contributed by atoms with van der Waals surface area (Å²) in [6, 6.07) is 5.76. The van der Waals surface area contributed by atoms with Crippen molar-refractivity contribution in [3.8, 4) is 0 Å². The Bertz CT molecular complexity index is 482. The summed E-state index contributed by atoms with van der Waals surface area (Å²) in [6.45, 7) is 3.50. The van der Waals surface area contributed by atoms with Crippen LogP contribution in [-0.2, 0) is 5.60 Å². The Morgan fingerprint density at radius 3 is 2.73 bits per heavy atom. The topological polar surface area (TPSA) is 49.6 Å². The SMILES string of the molecule is CNc1cnn2c(C(C)(C)O)cccc12. The third kappa shape index (κ3) is 1.57. The summed E-state index contributed by atoms with van der Waals surface area (Å²) >= 11 is 0. The highest BCUT2D eigenvalue weighted by Gasteiger charge is 2.20. The van der Waals surface area contributed by atoms with Gasteiger partial charge in [0.1, 0.15) is 5.60 Å². The van der Waals surface area contributed by atoms with Gasteiger partial charge in [0.05, 0.1) is 23.1 Å². The van der Waals surface area contributed by atoms with Gasteiger partial charge in [-0.25, -0.2) is 4.52 Å². The van der Waals surface area contributed by atoms with Crippen molar-refractivity contribution in [2.75, 3.05) is 12.4 Å². The number of anilines is 1. The van der Waals surface area contributed by atoms with Crippen molar-refractivity contribution >= 4 is 11.2 Å². The van der Waals surface area contributed by atoms with Gasteiger partial charge in [-0.2, -0.15) is 5.10 Å². The third-order valence-corrected chi connectivity index (χ3v) is 2.44. The molecular weight excluding hydrogens is 190 g/mol. The molecule has 2 rings (SSSR count). The van der Waals surface area contributed by atoms with Crippen molar-refractivity contribution in [3.05, 3.63) is 30.1 Å². The monoisotopic (exact) mass is 205 g/mol. The zero-order valence-electron chi connectivity index (χ0n) is 9.15. The molecule has 0 atom stereocenters. The molecule has 4 nitrogen and oxygen atoms in total. The highest BCUT2D eigenvalue weighted by molar-refractivity contribution is 5.71. The van der Waals surface area contributed by atoms with E-state index in [0.29, 0.717) is 0 Å². The number of nitrogens with zero attached hydrogens (tertiary/aromatic N) is 2. The van der Waals surface area contributed by atoms with Crippen molar-refractivity contribution in [2.24, 2.45) is 0 Å². The molecule has 0 aromatic carbocycles. The van der Waals surface area contributed by atoms with Crippen molar-refractivity contribution in [1.82, 2.24) is 9.61 Å². The molecule has 0 aliphatic carbocycles. The summed E-state index contributed by atoms with van der Waals surface area (Å²) in [7, 11) is 1.85. The molecule has 0 amide bonds. The van der Waals surface area contributed by atoms with E-state index in [9.17, 15) is 5.11 Å². The summed E-state index contributed by atoms with van der Waals surface area (Å²) in [5, 5.41) is 17.3. The highest BCUT2D eigenvalue weighted by Crippen LogP contribution is 2.23. The second-order valence-corrected chi connectivity index (χ2v) is 4.08. The molecule has 4 heteroatoms.